The average molecular weight is 515 g/mol. The third-order valence-corrected chi connectivity index (χ3v) is 6.83. The number of H-pyrrole nitrogens is 1. The molecule has 34 heavy (non-hydrogen) atoms. The number of alkyl halides is 3. The Kier molecular flexibility index (Phi) is 8.57. The van der Waals surface area contributed by atoms with Gasteiger partial charge in [-0.25, -0.2) is 0 Å². The highest BCUT2D eigenvalue weighted by molar-refractivity contribution is 7.99. The Bertz CT molecular complexity index is 1220. The minimum atomic E-state index is -4.59. The van der Waals surface area contributed by atoms with Crippen molar-refractivity contribution in [1.82, 2.24) is 9.88 Å². The number of aliphatic hydroxyl groups is 1. The van der Waals surface area contributed by atoms with Gasteiger partial charge in [-0.05, 0) is 56.4 Å². The number of nitrogens with one attached hydrogen (secondary N) is 1. The predicted molar refractivity (Wildman–Crippen MR) is 131 cm³/mol. The van der Waals surface area contributed by atoms with E-state index in [-0.39, 0.29) is 43.5 Å². The molecule has 184 valence electrons. The van der Waals surface area contributed by atoms with Crippen LogP contribution in [0.15, 0.2) is 46.1 Å². The number of nitrogens with zero attached hydrogens (tertiary/aromatic N) is 1. The first kappa shape index (κ1) is 26.4. The van der Waals surface area contributed by atoms with Gasteiger partial charge in [0.2, 0.25) is 0 Å². The van der Waals surface area contributed by atoms with Crippen molar-refractivity contribution in [2.75, 3.05) is 25.9 Å². The summed E-state index contributed by atoms with van der Waals surface area (Å²) in [6.45, 7) is 3.27. The number of aromatic nitrogens is 1. The molecular weight excluding hydrogens is 489 g/mol. The van der Waals surface area contributed by atoms with Gasteiger partial charge in [-0.15, -0.1) is 11.8 Å². The van der Waals surface area contributed by atoms with Crippen LogP contribution in [0.25, 0.3) is 22.0 Å². The molecule has 3 rings (SSSR count). The lowest BCUT2D eigenvalue weighted by Gasteiger charge is -2.21. The van der Waals surface area contributed by atoms with Crippen LogP contribution >= 0.6 is 23.4 Å². The largest absolute Gasteiger partial charge is 0.507 e. The van der Waals surface area contributed by atoms with E-state index in [9.17, 15) is 28.2 Å². The molecule has 5 nitrogen and oxygen atoms in total. The van der Waals surface area contributed by atoms with Crippen molar-refractivity contribution < 1.29 is 23.4 Å². The standard InChI is InChI=1S/C24H26ClF3N2O3S/c1-3-4-9-30(2)12-16(31)13-34-22-21(18-11-15(25)6-8-20(18)32)17-10-14(24(26,27)28)5-7-19(17)29-23(22)33/h5-8,10-11,16,31-32H,3-4,9,12-13H2,1-2H3,(H,29,33). The molecule has 3 aromatic rings. The molecule has 1 atom stereocenters. The maximum atomic E-state index is 13.5. The lowest BCUT2D eigenvalue weighted by Crippen LogP contribution is -2.31. The number of rotatable bonds is 9. The minimum Gasteiger partial charge on any atom is -0.507 e. The quantitative estimate of drug-likeness (QED) is 0.317. The SMILES string of the molecule is CCCCN(C)CC(O)CSc1c(-c2cc(Cl)ccc2O)c2cc(C(F)(F)F)ccc2[nH]c1=O. The Morgan fingerprint density at radius 2 is 1.94 bits per heavy atom. The maximum Gasteiger partial charge on any atom is 0.416 e. The van der Waals surface area contributed by atoms with Crippen molar-refractivity contribution in [2.45, 2.75) is 36.9 Å². The summed E-state index contributed by atoms with van der Waals surface area (Å²) in [6.07, 6.45) is -3.36. The summed E-state index contributed by atoms with van der Waals surface area (Å²) in [4.78, 5) is 17.7. The van der Waals surface area contributed by atoms with Crippen LogP contribution in [0, 0.1) is 0 Å². The van der Waals surface area contributed by atoms with Crippen molar-refractivity contribution in [1.29, 1.82) is 0 Å². The average Bonchev–Trinajstić information content (AvgIpc) is 2.76. The van der Waals surface area contributed by atoms with Crippen molar-refractivity contribution in [3.05, 3.63) is 57.3 Å². The molecule has 0 radical (unpaired) electrons. The summed E-state index contributed by atoms with van der Waals surface area (Å²) in [5.74, 6) is -0.0892. The van der Waals surface area contributed by atoms with E-state index in [0.29, 0.717) is 6.54 Å². The van der Waals surface area contributed by atoms with Gasteiger partial charge in [-0.2, -0.15) is 13.2 Å². The molecule has 3 N–H and O–H groups in total. The zero-order valence-electron chi connectivity index (χ0n) is 18.7. The topological polar surface area (TPSA) is 76.6 Å². The number of fused-ring (bicyclic) bond motifs is 1. The van der Waals surface area contributed by atoms with Gasteiger partial charge in [0.1, 0.15) is 5.75 Å². The first-order valence-electron chi connectivity index (χ1n) is 10.8. The van der Waals surface area contributed by atoms with E-state index in [1.54, 1.807) is 0 Å². The molecule has 0 fully saturated rings. The van der Waals surface area contributed by atoms with Gasteiger partial charge in [0, 0.05) is 39.4 Å². The van der Waals surface area contributed by atoms with Gasteiger partial charge < -0.3 is 20.1 Å². The lowest BCUT2D eigenvalue weighted by atomic mass is 9.98. The Morgan fingerprint density at radius 3 is 2.62 bits per heavy atom. The Morgan fingerprint density at radius 1 is 1.21 bits per heavy atom. The highest BCUT2D eigenvalue weighted by Crippen LogP contribution is 2.42. The highest BCUT2D eigenvalue weighted by Gasteiger charge is 2.31. The number of aromatic amines is 1. The number of hydrogen-bond donors (Lipinski definition) is 3. The van der Waals surface area contributed by atoms with Crippen molar-refractivity contribution in [3.8, 4) is 16.9 Å². The normalized spacial score (nSPS) is 13.1. The summed E-state index contributed by atoms with van der Waals surface area (Å²) in [6, 6.07) is 7.20. The number of unbranched alkanes of at least 4 members (excludes halogenated alkanes) is 1. The van der Waals surface area contributed by atoms with Gasteiger partial charge in [-0.1, -0.05) is 24.9 Å². The van der Waals surface area contributed by atoms with Crippen LogP contribution in [0.3, 0.4) is 0 Å². The van der Waals surface area contributed by atoms with Gasteiger partial charge in [-0.3, -0.25) is 4.79 Å². The molecule has 0 saturated carbocycles. The number of thioether (sulfide) groups is 1. The number of phenolic OH excluding ortho intramolecular Hbond substituents is 1. The number of benzene rings is 2. The van der Waals surface area contributed by atoms with Crippen LogP contribution in [0.5, 0.6) is 5.75 Å². The van der Waals surface area contributed by atoms with E-state index in [1.165, 1.54) is 24.3 Å². The van der Waals surface area contributed by atoms with Gasteiger partial charge in [0.25, 0.3) is 5.56 Å². The smallest absolute Gasteiger partial charge is 0.416 e. The molecular formula is C24H26ClF3N2O3S. The number of pyridine rings is 1. The van der Waals surface area contributed by atoms with Gasteiger partial charge in [0.05, 0.1) is 16.6 Å². The summed E-state index contributed by atoms with van der Waals surface area (Å²) in [5.41, 5.74) is -0.945. The third-order valence-electron chi connectivity index (χ3n) is 5.36. The number of hydrogen-bond acceptors (Lipinski definition) is 5. The fourth-order valence-corrected chi connectivity index (χ4v) is 4.86. The summed E-state index contributed by atoms with van der Waals surface area (Å²) in [5, 5.41) is 21.4. The van der Waals surface area contributed by atoms with Crippen molar-refractivity contribution >= 4 is 34.3 Å². The molecule has 1 heterocycles. The maximum absolute atomic E-state index is 13.5. The molecule has 10 heteroatoms. The Labute approximate surface area is 204 Å². The van der Waals surface area contributed by atoms with E-state index in [2.05, 4.69) is 11.9 Å². The fraction of sp³-hybridized carbons (Fsp3) is 0.375. The van der Waals surface area contributed by atoms with E-state index >= 15 is 0 Å². The minimum absolute atomic E-state index is 0.0969. The van der Waals surface area contributed by atoms with Gasteiger partial charge in [0.15, 0.2) is 0 Å². The molecule has 1 aromatic heterocycles. The molecule has 2 aromatic carbocycles. The second-order valence-corrected chi connectivity index (χ2v) is 9.63. The van der Waals surface area contributed by atoms with Crippen LogP contribution in [0.2, 0.25) is 5.02 Å². The third kappa shape index (κ3) is 6.27. The number of phenols is 1. The molecule has 0 bridgehead atoms. The van der Waals surface area contributed by atoms with Crippen molar-refractivity contribution in [3.63, 3.8) is 0 Å². The molecule has 0 saturated heterocycles. The van der Waals surface area contributed by atoms with Crippen LogP contribution in [0.4, 0.5) is 13.2 Å². The lowest BCUT2D eigenvalue weighted by molar-refractivity contribution is -0.137. The molecule has 0 aliphatic heterocycles. The summed E-state index contributed by atoms with van der Waals surface area (Å²) < 4.78 is 40.4. The molecule has 0 aliphatic carbocycles. The Balaban J connectivity index is 2.10. The fourth-order valence-electron chi connectivity index (χ4n) is 3.68. The number of aliphatic hydroxyl groups excluding tert-OH is 1. The second kappa shape index (κ2) is 11.0. The highest BCUT2D eigenvalue weighted by atomic mass is 35.5. The van der Waals surface area contributed by atoms with Crippen LogP contribution in [0.1, 0.15) is 25.3 Å². The van der Waals surface area contributed by atoms with Crippen molar-refractivity contribution in [2.24, 2.45) is 0 Å². The van der Waals surface area contributed by atoms with E-state index in [4.69, 9.17) is 11.6 Å². The number of likely N-dealkylation sites (N-methyl/N-ethyl adjacent to an activating group) is 1. The molecule has 0 aliphatic rings. The van der Waals surface area contributed by atoms with E-state index in [0.717, 1.165) is 43.3 Å². The first-order chi connectivity index (χ1) is 16.0. The predicted octanol–water partition coefficient (Wildman–Crippen LogP) is 5.76. The number of halogens is 4. The zero-order chi connectivity index (χ0) is 25.0. The first-order valence-corrected chi connectivity index (χ1v) is 12.1. The second-order valence-electron chi connectivity index (χ2n) is 8.16. The molecule has 0 spiro atoms. The van der Waals surface area contributed by atoms with E-state index in [1.807, 2.05) is 11.9 Å². The zero-order valence-corrected chi connectivity index (χ0v) is 20.3. The molecule has 0 amide bonds. The summed E-state index contributed by atoms with van der Waals surface area (Å²) >= 11 is 7.14. The van der Waals surface area contributed by atoms with E-state index < -0.39 is 23.4 Å². The van der Waals surface area contributed by atoms with Crippen LogP contribution < -0.4 is 5.56 Å². The van der Waals surface area contributed by atoms with Gasteiger partial charge >= 0.3 is 6.18 Å². The van der Waals surface area contributed by atoms with Crippen LogP contribution in [-0.4, -0.2) is 52.1 Å². The monoisotopic (exact) mass is 514 g/mol. The summed E-state index contributed by atoms with van der Waals surface area (Å²) in [7, 11) is 1.89. The van der Waals surface area contributed by atoms with Crippen LogP contribution in [-0.2, 0) is 6.18 Å². The molecule has 1 unspecified atom stereocenters. The Hall–Kier alpha value is -2.20. The number of aromatic hydroxyl groups is 1.